The van der Waals surface area contributed by atoms with E-state index in [1.807, 2.05) is 37.3 Å². The predicted molar refractivity (Wildman–Crippen MR) is 121 cm³/mol. The van der Waals surface area contributed by atoms with Crippen molar-refractivity contribution < 1.29 is 19.1 Å². The summed E-state index contributed by atoms with van der Waals surface area (Å²) in [4.78, 5) is 30.2. The van der Waals surface area contributed by atoms with Crippen LogP contribution in [0.3, 0.4) is 0 Å². The first kappa shape index (κ1) is 22.3. The Kier molecular flexibility index (Phi) is 7.61. The number of ether oxygens (including phenoxy) is 2. The average molecular weight is 440 g/mol. The van der Waals surface area contributed by atoms with Crippen molar-refractivity contribution in [2.45, 2.75) is 26.7 Å². The Hall–Kier alpha value is -3.39. The van der Waals surface area contributed by atoms with Crippen molar-refractivity contribution in [2.75, 3.05) is 13.7 Å². The van der Waals surface area contributed by atoms with Crippen molar-refractivity contribution in [1.29, 1.82) is 0 Å². The molecule has 0 saturated carbocycles. The van der Waals surface area contributed by atoms with Gasteiger partial charge in [-0.15, -0.1) is 11.3 Å². The van der Waals surface area contributed by atoms with Gasteiger partial charge in [0.2, 0.25) is 0 Å². The van der Waals surface area contributed by atoms with Gasteiger partial charge in [-0.1, -0.05) is 43.7 Å². The first-order chi connectivity index (χ1) is 15.0. The summed E-state index contributed by atoms with van der Waals surface area (Å²) in [5.74, 6) is 0.141. The Bertz CT molecular complexity index is 1050. The lowest BCUT2D eigenvalue weighted by atomic mass is 10.1. The molecule has 3 aromatic rings. The lowest BCUT2D eigenvalue weighted by Crippen LogP contribution is -2.41. The first-order valence-corrected chi connectivity index (χ1v) is 10.8. The number of nitrogens with one attached hydrogen (secondary N) is 2. The van der Waals surface area contributed by atoms with Crippen LogP contribution in [-0.2, 0) is 0 Å². The van der Waals surface area contributed by atoms with Gasteiger partial charge in [0, 0.05) is 11.1 Å². The minimum atomic E-state index is -0.464. The largest absolute Gasteiger partial charge is 0.493 e. The van der Waals surface area contributed by atoms with Gasteiger partial charge >= 0.3 is 0 Å². The van der Waals surface area contributed by atoms with E-state index in [0.717, 1.165) is 23.4 Å². The number of amides is 2. The number of rotatable bonds is 8. The van der Waals surface area contributed by atoms with Gasteiger partial charge in [0.25, 0.3) is 11.8 Å². The van der Waals surface area contributed by atoms with Gasteiger partial charge in [0.15, 0.2) is 11.5 Å². The molecule has 0 aliphatic rings. The van der Waals surface area contributed by atoms with Crippen LogP contribution >= 0.6 is 11.3 Å². The van der Waals surface area contributed by atoms with E-state index in [4.69, 9.17) is 9.47 Å². The Morgan fingerprint density at radius 1 is 1.03 bits per heavy atom. The van der Waals surface area contributed by atoms with Gasteiger partial charge in [-0.2, -0.15) is 0 Å². The van der Waals surface area contributed by atoms with E-state index >= 15 is 0 Å². The maximum Gasteiger partial charge on any atom is 0.282 e. The molecule has 1 aromatic heterocycles. The summed E-state index contributed by atoms with van der Waals surface area (Å²) < 4.78 is 11.0. The maximum atomic E-state index is 12.7. The number of carbonyl (C=O) groups excluding carboxylic acids is 2. The zero-order valence-corrected chi connectivity index (χ0v) is 18.5. The lowest BCUT2D eigenvalue weighted by Gasteiger charge is -2.12. The monoisotopic (exact) mass is 439 g/mol. The van der Waals surface area contributed by atoms with Gasteiger partial charge in [0.05, 0.1) is 24.4 Å². The molecule has 0 saturated heterocycles. The number of aryl methyl sites for hydroxylation is 1. The zero-order chi connectivity index (χ0) is 22.2. The third-order valence-corrected chi connectivity index (χ3v) is 5.43. The van der Waals surface area contributed by atoms with Crippen molar-refractivity contribution in [3.63, 3.8) is 0 Å². The third-order valence-electron chi connectivity index (χ3n) is 4.46. The van der Waals surface area contributed by atoms with Gasteiger partial charge < -0.3 is 9.47 Å². The van der Waals surface area contributed by atoms with Crippen LogP contribution in [0.2, 0.25) is 0 Å². The Labute approximate surface area is 185 Å². The number of methoxy groups -OCH3 is 1. The van der Waals surface area contributed by atoms with E-state index < -0.39 is 11.8 Å². The van der Waals surface area contributed by atoms with Gasteiger partial charge in [0.1, 0.15) is 4.88 Å². The standard InChI is InChI=1S/C23H25N3O4S/c1-4-5-13-30-18-12-11-17(14-19(18)29-3)22(27)25-26-23(28)21-20(24-15(2)31-21)16-9-7-6-8-10-16/h6-12,14H,4-5,13H2,1-3H3,(H,25,27)(H,26,28). The smallest absolute Gasteiger partial charge is 0.282 e. The Morgan fingerprint density at radius 2 is 1.77 bits per heavy atom. The predicted octanol–water partition coefficient (Wildman–Crippen LogP) is 4.38. The van der Waals surface area contributed by atoms with E-state index in [1.165, 1.54) is 18.4 Å². The molecular weight excluding hydrogens is 414 g/mol. The molecule has 0 radical (unpaired) electrons. The zero-order valence-electron chi connectivity index (χ0n) is 17.7. The summed E-state index contributed by atoms with van der Waals surface area (Å²) in [6, 6.07) is 14.3. The van der Waals surface area contributed by atoms with E-state index in [1.54, 1.807) is 18.2 Å². The number of benzene rings is 2. The second kappa shape index (κ2) is 10.6. The molecule has 0 unspecified atom stereocenters. The minimum Gasteiger partial charge on any atom is -0.493 e. The highest BCUT2D eigenvalue weighted by atomic mass is 32.1. The van der Waals surface area contributed by atoms with Crippen LogP contribution in [-0.4, -0.2) is 30.5 Å². The number of aromatic nitrogens is 1. The fourth-order valence-corrected chi connectivity index (χ4v) is 3.71. The van der Waals surface area contributed by atoms with E-state index in [-0.39, 0.29) is 0 Å². The number of thiazole rings is 1. The van der Waals surface area contributed by atoms with Crippen LogP contribution in [0.5, 0.6) is 11.5 Å². The molecule has 2 amide bonds. The molecule has 8 heteroatoms. The molecular formula is C23H25N3O4S. The molecule has 0 bridgehead atoms. The number of hydrogen-bond acceptors (Lipinski definition) is 6. The summed E-state index contributed by atoms with van der Waals surface area (Å²) in [6.45, 7) is 4.49. The lowest BCUT2D eigenvalue weighted by molar-refractivity contribution is 0.0849. The van der Waals surface area contributed by atoms with Gasteiger partial charge in [-0.3, -0.25) is 20.4 Å². The summed E-state index contributed by atoms with van der Waals surface area (Å²) in [5.41, 5.74) is 6.69. The minimum absolute atomic E-state index is 0.337. The topological polar surface area (TPSA) is 89.6 Å². The first-order valence-electron chi connectivity index (χ1n) is 9.97. The number of carbonyl (C=O) groups is 2. The molecule has 0 atom stereocenters. The SMILES string of the molecule is CCCCOc1ccc(C(=O)NNC(=O)c2sc(C)nc2-c2ccccc2)cc1OC. The number of unbranched alkanes of at least 4 members (excludes halogenated alkanes) is 1. The van der Waals surface area contributed by atoms with E-state index in [0.29, 0.717) is 34.2 Å². The molecule has 3 rings (SSSR count). The molecule has 1 heterocycles. The molecule has 0 spiro atoms. The summed E-state index contributed by atoms with van der Waals surface area (Å²) >= 11 is 1.27. The fourth-order valence-electron chi connectivity index (χ4n) is 2.87. The molecule has 162 valence electrons. The van der Waals surface area contributed by atoms with Crippen molar-refractivity contribution in [3.05, 3.63) is 64.0 Å². The van der Waals surface area contributed by atoms with Crippen LogP contribution in [0.1, 0.15) is 44.8 Å². The van der Waals surface area contributed by atoms with Crippen LogP contribution in [0.15, 0.2) is 48.5 Å². The van der Waals surface area contributed by atoms with Crippen molar-refractivity contribution in [2.24, 2.45) is 0 Å². The molecule has 2 aromatic carbocycles. The Balaban J connectivity index is 1.68. The second-order valence-corrected chi connectivity index (χ2v) is 7.96. The highest BCUT2D eigenvalue weighted by Crippen LogP contribution is 2.29. The average Bonchev–Trinajstić information content (AvgIpc) is 3.20. The van der Waals surface area contributed by atoms with Crippen LogP contribution < -0.4 is 20.3 Å². The molecule has 0 fully saturated rings. The molecule has 2 N–H and O–H groups in total. The van der Waals surface area contributed by atoms with Crippen molar-refractivity contribution in [1.82, 2.24) is 15.8 Å². The second-order valence-electron chi connectivity index (χ2n) is 6.75. The third kappa shape index (κ3) is 5.61. The highest BCUT2D eigenvalue weighted by Gasteiger charge is 2.19. The summed E-state index contributed by atoms with van der Waals surface area (Å²) in [7, 11) is 1.52. The number of nitrogens with zero attached hydrogens (tertiary/aromatic N) is 1. The fraction of sp³-hybridized carbons (Fsp3) is 0.261. The van der Waals surface area contributed by atoms with Crippen LogP contribution in [0.4, 0.5) is 0 Å². The van der Waals surface area contributed by atoms with E-state index in [2.05, 4.69) is 22.8 Å². The van der Waals surface area contributed by atoms with Crippen molar-refractivity contribution in [3.8, 4) is 22.8 Å². The van der Waals surface area contributed by atoms with E-state index in [9.17, 15) is 9.59 Å². The number of hydrogen-bond donors (Lipinski definition) is 2. The van der Waals surface area contributed by atoms with Gasteiger partial charge in [-0.05, 0) is 31.5 Å². The normalized spacial score (nSPS) is 10.4. The molecule has 7 nitrogen and oxygen atoms in total. The molecule has 0 aliphatic heterocycles. The molecule has 0 aliphatic carbocycles. The van der Waals surface area contributed by atoms with Crippen molar-refractivity contribution >= 4 is 23.2 Å². The van der Waals surface area contributed by atoms with Crippen LogP contribution in [0.25, 0.3) is 11.3 Å². The maximum absolute atomic E-state index is 12.7. The quantitative estimate of drug-likeness (QED) is 0.402. The summed E-state index contributed by atoms with van der Waals surface area (Å²) in [5, 5.41) is 0.763. The van der Waals surface area contributed by atoms with Gasteiger partial charge in [-0.25, -0.2) is 4.98 Å². The molecule has 31 heavy (non-hydrogen) atoms. The highest BCUT2D eigenvalue weighted by molar-refractivity contribution is 7.14. The van der Waals surface area contributed by atoms with Crippen LogP contribution in [0, 0.1) is 6.92 Å². The summed E-state index contributed by atoms with van der Waals surface area (Å²) in [6.07, 6.45) is 1.95. The Morgan fingerprint density at radius 3 is 2.48 bits per heavy atom. The number of hydrazine groups is 1.